The monoisotopic (exact) mass is 280 g/mol. The second-order valence-electron chi connectivity index (χ2n) is 4.18. The molecule has 0 radical (unpaired) electrons. The molecule has 0 spiro atoms. The molecular weight excluding hydrogens is 264 g/mol. The number of nitrogens with one attached hydrogen (secondary N) is 1. The van der Waals surface area contributed by atoms with E-state index in [4.69, 9.17) is 10.2 Å². The molecule has 2 rings (SSSR count). The van der Waals surface area contributed by atoms with E-state index in [-0.39, 0.29) is 18.2 Å². The Morgan fingerprint density at radius 3 is 2.58 bits per heavy atom. The number of hydrogen-bond donors (Lipinski definition) is 2. The van der Waals surface area contributed by atoms with Crippen molar-refractivity contribution in [1.82, 2.24) is 4.72 Å². The predicted octanol–water partition coefficient (Wildman–Crippen LogP) is 1.53. The van der Waals surface area contributed by atoms with Crippen molar-refractivity contribution in [3.63, 3.8) is 0 Å². The molecule has 0 unspecified atom stereocenters. The van der Waals surface area contributed by atoms with Crippen molar-refractivity contribution >= 4 is 10.0 Å². The fourth-order valence-corrected chi connectivity index (χ4v) is 2.62. The van der Waals surface area contributed by atoms with E-state index in [9.17, 15) is 8.42 Å². The zero-order chi connectivity index (χ0) is 13.9. The summed E-state index contributed by atoms with van der Waals surface area (Å²) in [4.78, 5) is 0. The minimum atomic E-state index is -3.64. The van der Waals surface area contributed by atoms with Gasteiger partial charge in [-0.3, -0.25) is 0 Å². The van der Waals surface area contributed by atoms with E-state index < -0.39 is 10.0 Å². The molecule has 2 aromatic rings. The summed E-state index contributed by atoms with van der Waals surface area (Å²) in [5, 5.41) is -0.110. The van der Waals surface area contributed by atoms with Crippen LogP contribution in [0.25, 0.3) is 0 Å². The van der Waals surface area contributed by atoms with Crippen molar-refractivity contribution in [3.05, 3.63) is 53.3 Å². The summed E-state index contributed by atoms with van der Waals surface area (Å²) in [7, 11) is -3.64. The Morgan fingerprint density at radius 1 is 1.21 bits per heavy atom. The topological polar surface area (TPSA) is 85.3 Å². The highest BCUT2D eigenvalue weighted by Gasteiger charge is 2.18. The Hall–Kier alpha value is -1.63. The highest BCUT2D eigenvalue weighted by Crippen LogP contribution is 2.14. The minimum Gasteiger partial charge on any atom is -0.447 e. The van der Waals surface area contributed by atoms with Crippen molar-refractivity contribution in [1.29, 1.82) is 0 Å². The molecule has 0 aliphatic rings. The maximum Gasteiger partial charge on any atom is 0.274 e. The highest BCUT2D eigenvalue weighted by atomic mass is 32.2. The first-order valence-electron chi connectivity index (χ1n) is 5.86. The number of sulfonamides is 1. The second kappa shape index (κ2) is 5.56. The third kappa shape index (κ3) is 3.23. The number of nitrogens with two attached hydrogens (primary N) is 1. The van der Waals surface area contributed by atoms with Gasteiger partial charge in [0, 0.05) is 6.54 Å². The third-order valence-corrected chi connectivity index (χ3v) is 4.09. The lowest BCUT2D eigenvalue weighted by atomic mass is 10.1. The van der Waals surface area contributed by atoms with Crippen LogP contribution in [0.3, 0.4) is 0 Å². The molecule has 6 heteroatoms. The van der Waals surface area contributed by atoms with Crippen LogP contribution in [0.5, 0.6) is 0 Å². The standard InChI is InChI=1S/C13H16N2O3S/c1-10-4-2-3-5-11(10)9-15-19(16,17)13-7-6-12(8-14)18-13/h2-7,15H,8-9,14H2,1H3. The van der Waals surface area contributed by atoms with Crippen LogP contribution in [-0.2, 0) is 23.1 Å². The highest BCUT2D eigenvalue weighted by molar-refractivity contribution is 7.89. The van der Waals surface area contributed by atoms with Gasteiger partial charge >= 0.3 is 0 Å². The lowest BCUT2D eigenvalue weighted by Gasteiger charge is -2.07. The fraction of sp³-hybridized carbons (Fsp3) is 0.231. The summed E-state index contributed by atoms with van der Waals surface area (Å²) < 4.78 is 31.6. The molecule has 3 N–H and O–H groups in total. The molecule has 0 aliphatic carbocycles. The zero-order valence-electron chi connectivity index (χ0n) is 10.6. The molecule has 0 fully saturated rings. The van der Waals surface area contributed by atoms with Crippen LogP contribution < -0.4 is 10.5 Å². The van der Waals surface area contributed by atoms with Crippen LogP contribution in [0.4, 0.5) is 0 Å². The van der Waals surface area contributed by atoms with Gasteiger partial charge in [-0.15, -0.1) is 0 Å². The molecule has 0 bridgehead atoms. The van der Waals surface area contributed by atoms with Gasteiger partial charge in [0.2, 0.25) is 5.09 Å². The maximum absolute atomic E-state index is 12.0. The van der Waals surface area contributed by atoms with E-state index in [2.05, 4.69) is 4.72 Å². The normalized spacial score (nSPS) is 11.7. The SMILES string of the molecule is Cc1ccccc1CNS(=O)(=O)c1ccc(CN)o1. The molecule has 1 heterocycles. The van der Waals surface area contributed by atoms with Crippen molar-refractivity contribution in [2.24, 2.45) is 5.73 Å². The van der Waals surface area contributed by atoms with E-state index in [0.717, 1.165) is 11.1 Å². The van der Waals surface area contributed by atoms with Crippen molar-refractivity contribution in [2.45, 2.75) is 25.1 Å². The average molecular weight is 280 g/mol. The Morgan fingerprint density at radius 2 is 1.95 bits per heavy atom. The maximum atomic E-state index is 12.0. The quantitative estimate of drug-likeness (QED) is 0.869. The van der Waals surface area contributed by atoms with Crippen LogP contribution in [-0.4, -0.2) is 8.42 Å². The second-order valence-corrected chi connectivity index (χ2v) is 5.87. The van der Waals surface area contributed by atoms with Gasteiger partial charge in [0.25, 0.3) is 10.0 Å². The lowest BCUT2D eigenvalue weighted by molar-refractivity contribution is 0.412. The van der Waals surface area contributed by atoms with Crippen LogP contribution in [0.2, 0.25) is 0 Å². The summed E-state index contributed by atoms with van der Waals surface area (Å²) in [6, 6.07) is 10.6. The van der Waals surface area contributed by atoms with E-state index >= 15 is 0 Å². The molecule has 5 nitrogen and oxygen atoms in total. The van der Waals surface area contributed by atoms with Gasteiger partial charge < -0.3 is 10.2 Å². The van der Waals surface area contributed by atoms with Crippen LogP contribution >= 0.6 is 0 Å². The van der Waals surface area contributed by atoms with E-state index in [1.807, 2.05) is 31.2 Å². The molecule has 0 saturated carbocycles. The van der Waals surface area contributed by atoms with Gasteiger partial charge in [-0.1, -0.05) is 24.3 Å². The molecule has 0 atom stereocenters. The Labute approximate surface area is 112 Å². The number of benzene rings is 1. The van der Waals surface area contributed by atoms with Crippen molar-refractivity contribution < 1.29 is 12.8 Å². The minimum absolute atomic E-state index is 0.110. The zero-order valence-corrected chi connectivity index (χ0v) is 11.4. The first-order valence-corrected chi connectivity index (χ1v) is 7.34. The molecule has 0 amide bonds. The lowest BCUT2D eigenvalue weighted by Crippen LogP contribution is -2.23. The summed E-state index contributed by atoms with van der Waals surface area (Å²) in [6.07, 6.45) is 0. The summed E-state index contributed by atoms with van der Waals surface area (Å²) in [5.41, 5.74) is 7.34. The van der Waals surface area contributed by atoms with Gasteiger partial charge in [-0.25, -0.2) is 13.1 Å². The molecule has 1 aromatic carbocycles. The Bertz CT molecular complexity index is 662. The van der Waals surface area contributed by atoms with Gasteiger partial charge in [0.1, 0.15) is 5.76 Å². The van der Waals surface area contributed by atoms with Crippen molar-refractivity contribution in [3.8, 4) is 0 Å². The molecule has 0 aliphatic heterocycles. The number of hydrogen-bond acceptors (Lipinski definition) is 4. The first-order chi connectivity index (χ1) is 9.03. The Kier molecular flexibility index (Phi) is 4.04. The average Bonchev–Trinajstić information content (AvgIpc) is 2.87. The molecule has 102 valence electrons. The van der Waals surface area contributed by atoms with Crippen LogP contribution in [0.15, 0.2) is 45.9 Å². The largest absolute Gasteiger partial charge is 0.447 e. The predicted molar refractivity (Wildman–Crippen MR) is 71.8 cm³/mol. The third-order valence-electron chi connectivity index (χ3n) is 2.82. The van der Waals surface area contributed by atoms with E-state index in [1.54, 1.807) is 6.07 Å². The van der Waals surface area contributed by atoms with Gasteiger partial charge in [0.05, 0.1) is 6.54 Å². The molecule has 19 heavy (non-hydrogen) atoms. The fourth-order valence-electron chi connectivity index (χ4n) is 1.66. The molecule has 1 aromatic heterocycles. The van der Waals surface area contributed by atoms with E-state index in [1.165, 1.54) is 6.07 Å². The first kappa shape index (κ1) is 13.8. The number of furan rings is 1. The van der Waals surface area contributed by atoms with E-state index in [0.29, 0.717) is 5.76 Å². The number of rotatable bonds is 5. The van der Waals surface area contributed by atoms with Gasteiger partial charge in [-0.2, -0.15) is 0 Å². The van der Waals surface area contributed by atoms with Gasteiger partial charge in [0.15, 0.2) is 0 Å². The number of aryl methyl sites for hydroxylation is 1. The van der Waals surface area contributed by atoms with Crippen LogP contribution in [0, 0.1) is 6.92 Å². The van der Waals surface area contributed by atoms with Crippen LogP contribution in [0.1, 0.15) is 16.9 Å². The Balaban J connectivity index is 2.12. The summed E-state index contributed by atoms with van der Waals surface area (Å²) >= 11 is 0. The summed E-state index contributed by atoms with van der Waals surface area (Å²) in [6.45, 7) is 2.34. The smallest absolute Gasteiger partial charge is 0.274 e. The summed E-state index contributed by atoms with van der Waals surface area (Å²) in [5.74, 6) is 0.441. The van der Waals surface area contributed by atoms with Gasteiger partial charge in [-0.05, 0) is 30.2 Å². The molecule has 0 saturated heterocycles. The van der Waals surface area contributed by atoms with Crippen molar-refractivity contribution in [2.75, 3.05) is 0 Å². The molecular formula is C13H16N2O3S.